The zero-order valence-electron chi connectivity index (χ0n) is 17.9. The van der Waals surface area contributed by atoms with Crippen LogP contribution in [-0.4, -0.2) is 37.7 Å². The summed E-state index contributed by atoms with van der Waals surface area (Å²) in [5.74, 6) is 4.31. The van der Waals surface area contributed by atoms with Gasteiger partial charge in [-0.15, -0.1) is 11.3 Å². The minimum absolute atomic E-state index is 0.0104. The van der Waals surface area contributed by atoms with Crippen molar-refractivity contribution in [3.8, 4) is 11.8 Å². The number of H-pyrrole nitrogens is 1. The number of fused-ring (bicyclic) bond motifs is 1. The Morgan fingerprint density at radius 1 is 1.24 bits per heavy atom. The van der Waals surface area contributed by atoms with Crippen LogP contribution in [0.2, 0.25) is 5.02 Å². The van der Waals surface area contributed by atoms with E-state index in [0.717, 1.165) is 5.56 Å². The predicted molar refractivity (Wildman–Crippen MR) is 125 cm³/mol. The number of hydrogen-bond donors (Lipinski definition) is 2. The zero-order chi connectivity index (χ0) is 23.8. The van der Waals surface area contributed by atoms with Crippen LogP contribution in [0, 0.1) is 17.8 Å². The van der Waals surface area contributed by atoms with Crippen LogP contribution >= 0.6 is 22.9 Å². The van der Waals surface area contributed by atoms with Crippen molar-refractivity contribution in [3.63, 3.8) is 0 Å². The molecule has 0 spiro atoms. The molecule has 0 fully saturated rings. The Hall–Kier alpha value is -3.16. The first-order valence-corrected chi connectivity index (χ1v) is 11.0. The van der Waals surface area contributed by atoms with Gasteiger partial charge in [0.1, 0.15) is 10.4 Å². The Balaban J connectivity index is 1.72. The topological polar surface area (TPSA) is 107 Å². The van der Waals surface area contributed by atoms with E-state index in [1.165, 1.54) is 31.8 Å². The van der Waals surface area contributed by atoms with Gasteiger partial charge in [-0.25, -0.2) is 9.78 Å². The van der Waals surface area contributed by atoms with Crippen LogP contribution in [-0.2, 0) is 25.9 Å². The van der Waals surface area contributed by atoms with E-state index in [-0.39, 0.29) is 30.6 Å². The molecule has 0 radical (unpaired) electrons. The van der Waals surface area contributed by atoms with Crippen molar-refractivity contribution >= 4 is 45.0 Å². The molecule has 0 saturated carbocycles. The van der Waals surface area contributed by atoms with E-state index in [1.54, 1.807) is 30.3 Å². The first kappa shape index (κ1) is 24.5. The lowest BCUT2D eigenvalue weighted by molar-refractivity contribution is -0.279. The fourth-order valence-corrected chi connectivity index (χ4v) is 3.94. The van der Waals surface area contributed by atoms with Crippen molar-refractivity contribution < 1.29 is 24.1 Å². The molecule has 172 valence electrons. The summed E-state index contributed by atoms with van der Waals surface area (Å²) >= 11 is 7.15. The molecule has 1 unspecified atom stereocenters. The number of rotatable bonds is 8. The molecule has 1 atom stereocenters. The van der Waals surface area contributed by atoms with Gasteiger partial charge in [0.15, 0.2) is 0 Å². The van der Waals surface area contributed by atoms with Crippen LogP contribution < -0.4 is 10.7 Å². The molecule has 0 aliphatic rings. The third-order valence-electron chi connectivity index (χ3n) is 4.66. The van der Waals surface area contributed by atoms with E-state index in [9.17, 15) is 14.4 Å². The van der Waals surface area contributed by atoms with Crippen LogP contribution in [0.4, 0.5) is 0 Å². The van der Waals surface area contributed by atoms with E-state index in [1.807, 2.05) is 0 Å². The number of amides is 1. The number of carbonyl (C=O) groups excluding carboxylic acids is 2. The monoisotopic (exact) mass is 488 g/mol. The third kappa shape index (κ3) is 6.43. The third-order valence-corrected chi connectivity index (χ3v) is 5.90. The lowest BCUT2D eigenvalue weighted by Crippen LogP contribution is -2.28. The van der Waals surface area contributed by atoms with Gasteiger partial charge >= 0.3 is 5.97 Å². The van der Waals surface area contributed by atoms with E-state index in [2.05, 4.69) is 27.0 Å². The lowest BCUT2D eigenvalue weighted by Gasteiger charge is -2.09. The van der Waals surface area contributed by atoms with Gasteiger partial charge in [0, 0.05) is 24.2 Å². The molecule has 3 aromatic rings. The highest BCUT2D eigenvalue weighted by Gasteiger charge is 2.19. The molecular weight excluding hydrogens is 468 g/mol. The van der Waals surface area contributed by atoms with E-state index < -0.39 is 17.8 Å². The average Bonchev–Trinajstić information content (AvgIpc) is 3.24. The predicted octanol–water partition coefficient (Wildman–Crippen LogP) is 3.28. The molecule has 10 heteroatoms. The first-order chi connectivity index (χ1) is 15.9. The normalized spacial score (nSPS) is 11.5. The SMILES string of the molecule is COOCC(CC#Cc1cc2c(=O)c(C(=O)NCc3ccc(Cl)cc3)c[nH]c2s1)C(=O)OC. The fraction of sp³-hybridized carbons (Fsp3) is 0.261. The number of nitrogens with one attached hydrogen (secondary N) is 2. The average molecular weight is 489 g/mol. The van der Waals surface area contributed by atoms with Gasteiger partial charge < -0.3 is 15.0 Å². The molecule has 0 saturated heterocycles. The Morgan fingerprint density at radius 2 is 2.00 bits per heavy atom. The minimum atomic E-state index is -0.602. The summed E-state index contributed by atoms with van der Waals surface area (Å²) in [6, 6.07) is 8.68. The Bertz CT molecular complexity index is 1260. The molecular formula is C23H21ClN2O6S. The van der Waals surface area contributed by atoms with Gasteiger partial charge in [-0.3, -0.25) is 14.4 Å². The second-order valence-electron chi connectivity index (χ2n) is 6.87. The van der Waals surface area contributed by atoms with Crippen molar-refractivity contribution in [1.82, 2.24) is 10.3 Å². The second kappa shape index (κ2) is 11.6. The summed E-state index contributed by atoms with van der Waals surface area (Å²) < 4.78 is 4.74. The number of aromatic nitrogens is 1. The van der Waals surface area contributed by atoms with Crippen molar-refractivity contribution in [2.75, 3.05) is 20.8 Å². The van der Waals surface area contributed by atoms with E-state index in [4.69, 9.17) is 21.2 Å². The number of ether oxygens (including phenoxy) is 1. The summed E-state index contributed by atoms with van der Waals surface area (Å²) in [6.07, 6.45) is 1.58. The number of methoxy groups -OCH3 is 1. The number of pyridine rings is 1. The molecule has 2 aromatic heterocycles. The fourth-order valence-electron chi connectivity index (χ4n) is 2.91. The number of benzene rings is 1. The molecule has 0 bridgehead atoms. The van der Waals surface area contributed by atoms with Gasteiger partial charge in [0.2, 0.25) is 5.43 Å². The molecule has 3 rings (SSSR count). The summed E-state index contributed by atoms with van der Waals surface area (Å²) in [5, 5.41) is 3.71. The summed E-state index contributed by atoms with van der Waals surface area (Å²) in [5.41, 5.74) is 0.485. The zero-order valence-corrected chi connectivity index (χ0v) is 19.5. The maximum Gasteiger partial charge on any atom is 0.312 e. The molecule has 2 N–H and O–H groups in total. The minimum Gasteiger partial charge on any atom is -0.469 e. The number of esters is 1. The maximum absolute atomic E-state index is 12.8. The molecule has 33 heavy (non-hydrogen) atoms. The molecule has 8 nitrogen and oxygen atoms in total. The van der Waals surface area contributed by atoms with E-state index in [0.29, 0.717) is 20.1 Å². The van der Waals surface area contributed by atoms with Crippen molar-refractivity contribution in [2.24, 2.45) is 5.92 Å². The standard InChI is InChI=1S/C23H21ClN2O6S/c1-30-23(29)15(13-32-31-2)4-3-5-17-10-18-20(27)19(12-26-22(18)33-17)21(28)25-11-14-6-8-16(24)9-7-14/h6-10,12,15H,4,11,13H2,1-2H3,(H,25,28)(H,26,27). The van der Waals surface area contributed by atoms with Crippen LogP contribution in [0.1, 0.15) is 27.2 Å². The van der Waals surface area contributed by atoms with Crippen molar-refractivity contribution in [3.05, 3.63) is 67.8 Å². The highest BCUT2D eigenvalue weighted by Crippen LogP contribution is 2.21. The largest absolute Gasteiger partial charge is 0.469 e. The lowest BCUT2D eigenvalue weighted by atomic mass is 10.1. The van der Waals surface area contributed by atoms with Crippen molar-refractivity contribution in [1.29, 1.82) is 0 Å². The highest BCUT2D eigenvalue weighted by molar-refractivity contribution is 7.19. The number of thiophene rings is 1. The number of halogens is 1. The Labute approximate surface area is 198 Å². The van der Waals surface area contributed by atoms with Crippen LogP contribution in [0.25, 0.3) is 10.2 Å². The molecule has 0 aliphatic heterocycles. The summed E-state index contributed by atoms with van der Waals surface area (Å²) in [4.78, 5) is 50.7. The van der Waals surface area contributed by atoms with Gasteiger partial charge in [-0.1, -0.05) is 35.6 Å². The van der Waals surface area contributed by atoms with Crippen LogP contribution in [0.3, 0.4) is 0 Å². The first-order valence-electron chi connectivity index (χ1n) is 9.83. The highest BCUT2D eigenvalue weighted by atomic mass is 35.5. The van der Waals surface area contributed by atoms with Gasteiger partial charge in [0.25, 0.3) is 5.91 Å². The van der Waals surface area contributed by atoms with Gasteiger partial charge in [-0.05, 0) is 23.8 Å². The Morgan fingerprint density at radius 3 is 2.70 bits per heavy atom. The Kier molecular flexibility index (Phi) is 8.63. The van der Waals surface area contributed by atoms with Crippen LogP contribution in [0.15, 0.2) is 41.3 Å². The maximum atomic E-state index is 12.8. The van der Waals surface area contributed by atoms with E-state index >= 15 is 0 Å². The second-order valence-corrected chi connectivity index (χ2v) is 8.36. The number of carbonyl (C=O) groups is 2. The van der Waals surface area contributed by atoms with Gasteiger partial charge in [-0.2, -0.15) is 0 Å². The smallest absolute Gasteiger partial charge is 0.312 e. The summed E-state index contributed by atoms with van der Waals surface area (Å²) in [7, 11) is 2.64. The van der Waals surface area contributed by atoms with Crippen LogP contribution in [0.5, 0.6) is 0 Å². The summed E-state index contributed by atoms with van der Waals surface area (Å²) in [6.45, 7) is 0.277. The quantitative estimate of drug-likeness (QED) is 0.218. The molecule has 2 heterocycles. The van der Waals surface area contributed by atoms with Crippen molar-refractivity contribution in [2.45, 2.75) is 13.0 Å². The molecule has 1 aromatic carbocycles. The molecule has 0 aliphatic carbocycles. The van der Waals surface area contributed by atoms with Gasteiger partial charge in [0.05, 0.1) is 37.0 Å². The molecule has 1 amide bonds. The number of hydrogen-bond acceptors (Lipinski definition) is 7. The number of aromatic amines is 1.